The first-order valence-electron chi connectivity index (χ1n) is 5.74. The highest BCUT2D eigenvalue weighted by Gasteiger charge is 2.29. The second-order valence-electron chi connectivity index (χ2n) is 4.29. The number of alkyl halides is 3. The van der Waals surface area contributed by atoms with Gasteiger partial charge in [0.1, 0.15) is 0 Å². The predicted molar refractivity (Wildman–Crippen MR) is 60.7 cm³/mol. The number of unbranched alkanes of at least 4 members (excludes halogenated alkanes) is 1. The van der Waals surface area contributed by atoms with Crippen LogP contribution in [0.5, 0.6) is 0 Å². The lowest BCUT2D eigenvalue weighted by Crippen LogP contribution is -2.04. The van der Waals surface area contributed by atoms with Gasteiger partial charge >= 0.3 is 6.18 Å². The zero-order valence-corrected chi connectivity index (χ0v) is 9.80. The van der Waals surface area contributed by atoms with Crippen molar-refractivity contribution in [1.29, 1.82) is 0 Å². The molecule has 1 aromatic carbocycles. The molecule has 0 saturated heterocycles. The highest BCUT2D eigenvalue weighted by molar-refractivity contribution is 5.24. The van der Waals surface area contributed by atoms with Gasteiger partial charge in [0.2, 0.25) is 0 Å². The van der Waals surface area contributed by atoms with Crippen LogP contribution in [0.1, 0.15) is 37.3 Å². The number of benzene rings is 1. The van der Waals surface area contributed by atoms with Crippen molar-refractivity contribution in [3.05, 3.63) is 35.4 Å². The number of hydrogen-bond donors (Lipinski definition) is 1. The molecule has 0 bridgehead atoms. The van der Waals surface area contributed by atoms with Gasteiger partial charge in [0, 0.05) is 0 Å². The van der Waals surface area contributed by atoms with Gasteiger partial charge in [-0.25, -0.2) is 0 Å². The third-order valence-corrected chi connectivity index (χ3v) is 2.62. The second-order valence-corrected chi connectivity index (χ2v) is 4.29. The maximum Gasteiger partial charge on any atom is 0.416 e. The summed E-state index contributed by atoms with van der Waals surface area (Å²) >= 11 is 0. The van der Waals surface area contributed by atoms with Crippen molar-refractivity contribution < 1.29 is 18.3 Å². The maximum absolute atomic E-state index is 12.3. The van der Waals surface area contributed by atoms with Gasteiger partial charge in [-0.2, -0.15) is 13.2 Å². The molecule has 1 nitrogen and oxygen atoms in total. The molecule has 0 aliphatic rings. The first-order chi connectivity index (χ1) is 7.89. The molecular formula is C13H17F3O. The van der Waals surface area contributed by atoms with Gasteiger partial charge in [-0.05, 0) is 43.9 Å². The van der Waals surface area contributed by atoms with Crippen molar-refractivity contribution >= 4 is 0 Å². The first-order valence-corrected chi connectivity index (χ1v) is 5.74. The lowest BCUT2D eigenvalue weighted by molar-refractivity contribution is -0.137. The summed E-state index contributed by atoms with van der Waals surface area (Å²) in [6, 6.07) is 5.27. The normalized spacial score (nSPS) is 13.7. The van der Waals surface area contributed by atoms with E-state index in [1.807, 2.05) is 0 Å². The maximum atomic E-state index is 12.3. The summed E-state index contributed by atoms with van der Waals surface area (Å²) in [6.45, 7) is 1.73. The number of rotatable bonds is 5. The largest absolute Gasteiger partial charge is 0.416 e. The molecule has 0 aliphatic heterocycles. The number of halogens is 3. The van der Waals surface area contributed by atoms with Crippen molar-refractivity contribution in [2.45, 2.75) is 44.9 Å². The smallest absolute Gasteiger partial charge is 0.393 e. The summed E-state index contributed by atoms with van der Waals surface area (Å²) in [5.74, 6) is 0. The fraction of sp³-hybridized carbons (Fsp3) is 0.538. The summed E-state index contributed by atoms with van der Waals surface area (Å²) in [5, 5.41) is 9.05. The van der Waals surface area contributed by atoms with Gasteiger partial charge in [0.15, 0.2) is 0 Å². The topological polar surface area (TPSA) is 20.2 Å². The molecule has 0 amide bonds. The van der Waals surface area contributed by atoms with E-state index < -0.39 is 11.7 Å². The van der Waals surface area contributed by atoms with E-state index in [0.29, 0.717) is 0 Å². The zero-order valence-electron chi connectivity index (χ0n) is 9.80. The minimum Gasteiger partial charge on any atom is -0.393 e. The Morgan fingerprint density at radius 2 is 1.71 bits per heavy atom. The minimum atomic E-state index is -4.26. The summed E-state index contributed by atoms with van der Waals surface area (Å²) in [7, 11) is 0. The van der Waals surface area contributed by atoms with E-state index in [1.54, 1.807) is 6.92 Å². The van der Waals surface area contributed by atoms with Crippen LogP contribution in [0, 0.1) is 0 Å². The third-order valence-electron chi connectivity index (χ3n) is 2.62. The Bertz CT molecular complexity index is 328. The van der Waals surface area contributed by atoms with Gasteiger partial charge in [0.05, 0.1) is 11.7 Å². The quantitative estimate of drug-likeness (QED) is 0.783. The summed E-state index contributed by atoms with van der Waals surface area (Å²) in [4.78, 5) is 0. The van der Waals surface area contributed by atoms with Crippen molar-refractivity contribution in [2.24, 2.45) is 0 Å². The van der Waals surface area contributed by atoms with Crippen LogP contribution in [0.3, 0.4) is 0 Å². The van der Waals surface area contributed by atoms with E-state index in [1.165, 1.54) is 12.1 Å². The average Bonchev–Trinajstić information content (AvgIpc) is 2.23. The van der Waals surface area contributed by atoms with Crippen LogP contribution in [-0.4, -0.2) is 11.2 Å². The van der Waals surface area contributed by atoms with E-state index in [0.717, 1.165) is 43.4 Å². The standard InChI is InChI=1S/C13H17F3O/c1-10(17)4-2-3-5-11-6-8-12(9-7-11)13(14,15)16/h6-10,17H,2-5H2,1H3/t10-/m1/s1. The van der Waals surface area contributed by atoms with Gasteiger partial charge in [-0.15, -0.1) is 0 Å². The molecule has 0 spiro atoms. The molecule has 0 aromatic heterocycles. The van der Waals surface area contributed by atoms with Crippen molar-refractivity contribution in [3.8, 4) is 0 Å². The van der Waals surface area contributed by atoms with Crippen LogP contribution in [0.15, 0.2) is 24.3 Å². The number of aryl methyl sites for hydroxylation is 1. The molecule has 96 valence electrons. The van der Waals surface area contributed by atoms with Crippen LogP contribution < -0.4 is 0 Å². The Labute approximate surface area is 99.3 Å². The summed E-state index contributed by atoms with van der Waals surface area (Å²) < 4.78 is 36.9. The Morgan fingerprint density at radius 3 is 2.18 bits per heavy atom. The van der Waals surface area contributed by atoms with E-state index >= 15 is 0 Å². The fourth-order valence-electron chi connectivity index (χ4n) is 1.63. The molecular weight excluding hydrogens is 229 g/mol. The van der Waals surface area contributed by atoms with E-state index in [4.69, 9.17) is 5.11 Å². The number of aliphatic hydroxyl groups is 1. The van der Waals surface area contributed by atoms with Crippen LogP contribution >= 0.6 is 0 Å². The molecule has 17 heavy (non-hydrogen) atoms. The Morgan fingerprint density at radius 1 is 1.12 bits per heavy atom. The Hall–Kier alpha value is -1.03. The SMILES string of the molecule is C[C@@H](O)CCCCc1ccc(C(F)(F)F)cc1. The molecule has 1 aromatic rings. The van der Waals surface area contributed by atoms with Gasteiger partial charge in [0.25, 0.3) is 0 Å². The average molecular weight is 246 g/mol. The molecule has 1 N–H and O–H groups in total. The lowest BCUT2D eigenvalue weighted by atomic mass is 10.0. The van der Waals surface area contributed by atoms with Gasteiger partial charge in [-0.3, -0.25) is 0 Å². The van der Waals surface area contributed by atoms with Gasteiger partial charge in [-0.1, -0.05) is 18.6 Å². The molecule has 1 rings (SSSR count). The second kappa shape index (κ2) is 6.05. The zero-order chi connectivity index (χ0) is 12.9. The molecule has 4 heteroatoms. The number of hydrogen-bond acceptors (Lipinski definition) is 1. The van der Waals surface area contributed by atoms with Crippen LogP contribution in [0.25, 0.3) is 0 Å². The van der Waals surface area contributed by atoms with Crippen LogP contribution in [-0.2, 0) is 12.6 Å². The van der Waals surface area contributed by atoms with E-state index in [2.05, 4.69) is 0 Å². The van der Waals surface area contributed by atoms with Crippen LogP contribution in [0.2, 0.25) is 0 Å². The summed E-state index contributed by atoms with van der Waals surface area (Å²) in [5.41, 5.74) is 0.300. The molecule has 0 fully saturated rings. The summed E-state index contributed by atoms with van der Waals surface area (Å²) in [6.07, 6.45) is -1.30. The third kappa shape index (κ3) is 5.22. The highest BCUT2D eigenvalue weighted by Crippen LogP contribution is 2.29. The minimum absolute atomic E-state index is 0.303. The lowest BCUT2D eigenvalue weighted by Gasteiger charge is -2.08. The molecule has 0 aliphatic carbocycles. The van der Waals surface area contributed by atoms with Gasteiger partial charge < -0.3 is 5.11 Å². The van der Waals surface area contributed by atoms with Crippen molar-refractivity contribution in [3.63, 3.8) is 0 Å². The Kier molecular flexibility index (Phi) is 5.00. The molecule has 1 atom stereocenters. The molecule has 0 heterocycles. The molecule has 0 saturated carbocycles. The van der Waals surface area contributed by atoms with Crippen molar-refractivity contribution in [2.75, 3.05) is 0 Å². The monoisotopic (exact) mass is 246 g/mol. The molecule has 0 unspecified atom stereocenters. The fourth-order valence-corrected chi connectivity index (χ4v) is 1.63. The highest BCUT2D eigenvalue weighted by atomic mass is 19.4. The van der Waals surface area contributed by atoms with Crippen LogP contribution in [0.4, 0.5) is 13.2 Å². The first kappa shape index (κ1) is 14.0. The van der Waals surface area contributed by atoms with E-state index in [-0.39, 0.29) is 6.10 Å². The predicted octanol–water partition coefficient (Wildman–Crippen LogP) is 3.80. The molecule has 0 radical (unpaired) electrons. The Balaban J connectivity index is 2.41. The van der Waals surface area contributed by atoms with E-state index in [9.17, 15) is 13.2 Å². The van der Waals surface area contributed by atoms with Crippen molar-refractivity contribution in [1.82, 2.24) is 0 Å². The number of aliphatic hydroxyl groups excluding tert-OH is 1.